The van der Waals surface area contributed by atoms with Gasteiger partial charge < -0.3 is 9.15 Å². The summed E-state index contributed by atoms with van der Waals surface area (Å²) in [6.07, 6.45) is -0.631. The van der Waals surface area contributed by atoms with Gasteiger partial charge in [0.15, 0.2) is 6.10 Å². The van der Waals surface area contributed by atoms with E-state index in [9.17, 15) is 9.59 Å². The number of hydrogen-bond donors (Lipinski definition) is 0. The number of carbonyl (C=O) groups is 1. The first kappa shape index (κ1) is 20.6. The summed E-state index contributed by atoms with van der Waals surface area (Å²) >= 11 is 0. The van der Waals surface area contributed by atoms with Crippen molar-refractivity contribution in [1.82, 2.24) is 19.3 Å². The number of aryl methyl sites for hydroxylation is 3. The average molecular weight is 420 g/mol. The number of carbonyl (C=O) groups excluding carboxylic acids is 1. The zero-order chi connectivity index (χ0) is 22.0. The summed E-state index contributed by atoms with van der Waals surface area (Å²) in [5.74, 6) is 0.160. The standard InChI is InChI=1S/C23H24N4O4/c1-4-26-18-10-5-6-11-19(18)27(23(26)29)13-12-20(28)30-16(3)21-24-25-22(31-21)17-9-7-8-15(2)14-17/h5-11,14,16H,4,12-13H2,1-3H3/t16-/m1/s1. The molecule has 2 aromatic carbocycles. The Morgan fingerprint density at radius 2 is 1.84 bits per heavy atom. The fraction of sp³-hybridized carbons (Fsp3) is 0.304. The summed E-state index contributed by atoms with van der Waals surface area (Å²) in [5, 5.41) is 8.06. The molecule has 0 bridgehead atoms. The van der Waals surface area contributed by atoms with Gasteiger partial charge in [0.05, 0.1) is 17.5 Å². The highest BCUT2D eigenvalue weighted by molar-refractivity contribution is 5.76. The van der Waals surface area contributed by atoms with E-state index < -0.39 is 12.1 Å². The van der Waals surface area contributed by atoms with Crippen LogP contribution in [-0.4, -0.2) is 25.3 Å². The molecule has 0 fully saturated rings. The van der Waals surface area contributed by atoms with Crippen molar-refractivity contribution < 1.29 is 13.9 Å². The fourth-order valence-electron chi connectivity index (χ4n) is 3.60. The van der Waals surface area contributed by atoms with Gasteiger partial charge in [0.1, 0.15) is 0 Å². The molecule has 0 aliphatic carbocycles. The smallest absolute Gasteiger partial charge is 0.329 e. The van der Waals surface area contributed by atoms with Crippen molar-refractivity contribution >= 4 is 17.0 Å². The topological polar surface area (TPSA) is 92.2 Å². The van der Waals surface area contributed by atoms with Gasteiger partial charge >= 0.3 is 11.7 Å². The molecule has 160 valence electrons. The summed E-state index contributed by atoms with van der Waals surface area (Å²) in [6.45, 7) is 6.38. The highest BCUT2D eigenvalue weighted by Crippen LogP contribution is 2.23. The van der Waals surface area contributed by atoms with Crippen LogP contribution < -0.4 is 5.69 Å². The van der Waals surface area contributed by atoms with E-state index in [1.165, 1.54) is 0 Å². The van der Waals surface area contributed by atoms with Crippen LogP contribution in [0.2, 0.25) is 0 Å². The lowest BCUT2D eigenvalue weighted by molar-refractivity contribution is -0.149. The summed E-state index contributed by atoms with van der Waals surface area (Å²) in [5.41, 5.74) is 3.41. The number of benzene rings is 2. The van der Waals surface area contributed by atoms with Gasteiger partial charge in [-0.15, -0.1) is 10.2 Å². The molecule has 0 aliphatic heterocycles. The van der Waals surface area contributed by atoms with E-state index in [0.29, 0.717) is 12.4 Å². The fourth-order valence-corrected chi connectivity index (χ4v) is 3.60. The number of aromatic nitrogens is 4. The van der Waals surface area contributed by atoms with Gasteiger partial charge in [-0.05, 0) is 45.0 Å². The largest absolute Gasteiger partial charge is 0.453 e. The van der Waals surface area contributed by atoms with E-state index in [0.717, 1.165) is 22.2 Å². The third-order valence-electron chi connectivity index (χ3n) is 5.14. The number of fused-ring (bicyclic) bond motifs is 1. The number of rotatable bonds is 7. The zero-order valence-corrected chi connectivity index (χ0v) is 17.7. The molecule has 0 saturated carbocycles. The third kappa shape index (κ3) is 4.14. The van der Waals surface area contributed by atoms with Gasteiger partial charge in [-0.3, -0.25) is 13.9 Å². The van der Waals surface area contributed by atoms with Crippen molar-refractivity contribution in [3.05, 3.63) is 70.5 Å². The van der Waals surface area contributed by atoms with Crippen LogP contribution in [0.15, 0.2) is 57.7 Å². The van der Waals surface area contributed by atoms with Crippen LogP contribution in [-0.2, 0) is 22.6 Å². The van der Waals surface area contributed by atoms with E-state index in [-0.39, 0.29) is 24.5 Å². The van der Waals surface area contributed by atoms with Crippen molar-refractivity contribution in [1.29, 1.82) is 0 Å². The Hall–Kier alpha value is -3.68. The molecule has 0 radical (unpaired) electrons. The molecule has 0 unspecified atom stereocenters. The SMILES string of the molecule is CCn1c(=O)n(CCC(=O)O[C@H](C)c2nnc(-c3cccc(C)c3)o2)c2ccccc21. The highest BCUT2D eigenvalue weighted by atomic mass is 16.6. The number of imidazole rings is 1. The molecule has 8 nitrogen and oxygen atoms in total. The van der Waals surface area contributed by atoms with Crippen molar-refractivity contribution in [2.75, 3.05) is 0 Å². The van der Waals surface area contributed by atoms with Crippen LogP contribution in [0.5, 0.6) is 0 Å². The number of esters is 1. The van der Waals surface area contributed by atoms with E-state index in [2.05, 4.69) is 10.2 Å². The predicted octanol–water partition coefficient (Wildman–Crippen LogP) is 3.88. The number of nitrogens with zero attached hydrogens (tertiary/aromatic N) is 4. The molecule has 31 heavy (non-hydrogen) atoms. The average Bonchev–Trinajstić information content (AvgIpc) is 3.35. The molecule has 0 N–H and O–H groups in total. The Morgan fingerprint density at radius 3 is 2.55 bits per heavy atom. The molecule has 2 aromatic heterocycles. The molecule has 0 aliphatic rings. The Labute approximate surface area is 179 Å². The lowest BCUT2D eigenvalue weighted by atomic mass is 10.1. The summed E-state index contributed by atoms with van der Waals surface area (Å²) in [4.78, 5) is 25.1. The van der Waals surface area contributed by atoms with Gasteiger partial charge in [0.2, 0.25) is 5.89 Å². The van der Waals surface area contributed by atoms with Gasteiger partial charge in [-0.25, -0.2) is 4.79 Å². The summed E-state index contributed by atoms with van der Waals surface area (Å²) in [7, 11) is 0. The zero-order valence-electron chi connectivity index (χ0n) is 17.7. The molecular weight excluding hydrogens is 396 g/mol. The molecule has 0 amide bonds. The maximum atomic E-state index is 12.7. The molecule has 2 heterocycles. The maximum absolute atomic E-state index is 12.7. The quantitative estimate of drug-likeness (QED) is 0.421. The third-order valence-corrected chi connectivity index (χ3v) is 5.14. The molecule has 0 spiro atoms. The molecule has 1 atom stereocenters. The van der Waals surface area contributed by atoms with Gasteiger partial charge in [-0.2, -0.15) is 0 Å². The first-order chi connectivity index (χ1) is 15.0. The van der Waals surface area contributed by atoms with Gasteiger partial charge in [0, 0.05) is 18.7 Å². The lowest BCUT2D eigenvalue weighted by Gasteiger charge is -2.09. The van der Waals surface area contributed by atoms with Crippen molar-refractivity contribution in [2.45, 2.75) is 46.4 Å². The minimum Gasteiger partial charge on any atom is -0.453 e. The molecule has 4 aromatic rings. The number of hydrogen-bond acceptors (Lipinski definition) is 6. The van der Waals surface area contributed by atoms with E-state index in [1.807, 2.05) is 62.4 Å². The van der Waals surface area contributed by atoms with Crippen molar-refractivity contribution in [2.24, 2.45) is 0 Å². The van der Waals surface area contributed by atoms with Gasteiger partial charge in [0.25, 0.3) is 5.89 Å². The van der Waals surface area contributed by atoms with Crippen LogP contribution in [0.25, 0.3) is 22.5 Å². The second kappa shape index (κ2) is 8.59. The van der Waals surface area contributed by atoms with Crippen LogP contribution in [0.1, 0.15) is 37.8 Å². The second-order valence-electron chi connectivity index (χ2n) is 7.36. The van der Waals surface area contributed by atoms with Crippen LogP contribution >= 0.6 is 0 Å². The monoisotopic (exact) mass is 420 g/mol. The summed E-state index contributed by atoms with van der Waals surface area (Å²) in [6, 6.07) is 15.3. The van der Waals surface area contributed by atoms with Crippen molar-refractivity contribution in [3.8, 4) is 11.5 Å². The second-order valence-corrected chi connectivity index (χ2v) is 7.36. The van der Waals surface area contributed by atoms with Crippen LogP contribution in [0.3, 0.4) is 0 Å². The van der Waals surface area contributed by atoms with Gasteiger partial charge in [-0.1, -0.05) is 29.8 Å². The van der Waals surface area contributed by atoms with E-state index in [4.69, 9.17) is 9.15 Å². The lowest BCUT2D eigenvalue weighted by Crippen LogP contribution is -2.25. The van der Waals surface area contributed by atoms with Crippen molar-refractivity contribution in [3.63, 3.8) is 0 Å². The Balaban J connectivity index is 1.43. The predicted molar refractivity (Wildman–Crippen MR) is 115 cm³/mol. The summed E-state index contributed by atoms with van der Waals surface area (Å²) < 4.78 is 14.4. The van der Waals surface area contributed by atoms with Crippen LogP contribution in [0.4, 0.5) is 0 Å². The van der Waals surface area contributed by atoms with E-state index in [1.54, 1.807) is 16.1 Å². The first-order valence-corrected chi connectivity index (χ1v) is 10.3. The van der Waals surface area contributed by atoms with Crippen LogP contribution in [0, 0.1) is 6.92 Å². The molecular formula is C23H24N4O4. The number of para-hydroxylation sites is 2. The Morgan fingerprint density at radius 1 is 1.10 bits per heavy atom. The maximum Gasteiger partial charge on any atom is 0.329 e. The minimum absolute atomic E-state index is 0.0564. The molecule has 4 rings (SSSR count). The first-order valence-electron chi connectivity index (χ1n) is 10.3. The minimum atomic E-state index is -0.688. The highest BCUT2D eigenvalue weighted by Gasteiger charge is 2.20. The molecule has 0 saturated heterocycles. The Kier molecular flexibility index (Phi) is 5.70. The normalized spacial score (nSPS) is 12.2. The molecule has 8 heteroatoms. The van der Waals surface area contributed by atoms with E-state index >= 15 is 0 Å². The Bertz CT molecular complexity index is 1280. The number of ether oxygens (including phenoxy) is 1.